The van der Waals surface area contributed by atoms with Crippen molar-refractivity contribution in [3.63, 3.8) is 0 Å². The lowest BCUT2D eigenvalue weighted by Gasteiger charge is -2.04. The number of nitro benzene ring substituents is 2. The molecule has 0 radical (unpaired) electrons. The normalized spacial score (nSPS) is 8.62. The second-order valence-corrected chi connectivity index (χ2v) is 3.31. The van der Waals surface area contributed by atoms with Gasteiger partial charge in [-0.3, -0.25) is 25.7 Å². The Kier molecular flexibility index (Phi) is 4.45. The van der Waals surface area contributed by atoms with Crippen LogP contribution in [-0.2, 0) is 0 Å². The molecule has 1 rings (SSSR count). The number of benzene rings is 1. The van der Waals surface area contributed by atoms with Crippen molar-refractivity contribution in [3.05, 3.63) is 37.9 Å². The van der Waals surface area contributed by atoms with E-state index in [4.69, 9.17) is 15.8 Å². The first-order chi connectivity index (χ1) is 9.94. The minimum absolute atomic E-state index is 0.421. The van der Waals surface area contributed by atoms with E-state index in [9.17, 15) is 20.2 Å². The zero-order valence-corrected chi connectivity index (χ0v) is 9.97. The topological polar surface area (TPSA) is 182 Å². The number of hydrogen-bond acceptors (Lipinski definition) is 9. The lowest BCUT2D eigenvalue weighted by molar-refractivity contribution is -0.393. The van der Waals surface area contributed by atoms with Crippen LogP contribution in [0.1, 0.15) is 5.56 Å². The number of nitriles is 3. The van der Waals surface area contributed by atoms with E-state index in [1.54, 1.807) is 0 Å². The predicted molar refractivity (Wildman–Crippen MR) is 66.7 cm³/mol. The fraction of sp³-hybridized carbons (Fsp3) is 0. The zero-order chi connectivity index (χ0) is 16.0. The van der Waals surface area contributed by atoms with Crippen molar-refractivity contribution in [1.29, 1.82) is 15.8 Å². The summed E-state index contributed by atoms with van der Waals surface area (Å²) in [4.78, 5) is 19.7. The number of non-ortho nitro benzene ring substituents is 1. The van der Waals surface area contributed by atoms with E-state index in [1.807, 2.05) is 5.43 Å². The zero-order valence-electron chi connectivity index (χ0n) is 9.97. The molecule has 0 aliphatic carbocycles. The standard InChI is InChI=1S/C10H3N7O4/c11-3-6-1-8(16(18)19)2-9(17(20)21)10(6)15-14-7(4-12)5-13/h1-2,15H. The maximum Gasteiger partial charge on any atom is 0.302 e. The maximum absolute atomic E-state index is 10.9. The third-order valence-corrected chi connectivity index (χ3v) is 2.12. The Morgan fingerprint density at radius 3 is 2.19 bits per heavy atom. The number of hydrazone groups is 1. The van der Waals surface area contributed by atoms with Gasteiger partial charge in [0.1, 0.15) is 18.2 Å². The Labute approximate surface area is 116 Å². The molecule has 1 aromatic carbocycles. The van der Waals surface area contributed by atoms with Crippen LogP contribution in [0.5, 0.6) is 0 Å². The Morgan fingerprint density at radius 1 is 1.14 bits per heavy atom. The highest BCUT2D eigenvalue weighted by Gasteiger charge is 2.24. The van der Waals surface area contributed by atoms with Gasteiger partial charge in [-0.1, -0.05) is 0 Å². The second kappa shape index (κ2) is 6.22. The van der Waals surface area contributed by atoms with Gasteiger partial charge in [0.05, 0.1) is 21.5 Å². The third-order valence-electron chi connectivity index (χ3n) is 2.12. The number of anilines is 1. The molecule has 1 aromatic rings. The quantitative estimate of drug-likeness (QED) is 0.485. The van der Waals surface area contributed by atoms with Crippen LogP contribution in [0.15, 0.2) is 17.2 Å². The van der Waals surface area contributed by atoms with Crippen molar-refractivity contribution in [2.24, 2.45) is 5.10 Å². The number of nitrogens with zero attached hydrogens (tertiary/aromatic N) is 6. The molecule has 0 unspecified atom stereocenters. The molecule has 0 heterocycles. The number of nitrogens with one attached hydrogen (secondary N) is 1. The largest absolute Gasteiger partial charge is 0.302 e. The van der Waals surface area contributed by atoms with Gasteiger partial charge in [-0.25, -0.2) is 0 Å². The summed E-state index contributed by atoms with van der Waals surface area (Å²) in [5.41, 5.74) is -0.887. The van der Waals surface area contributed by atoms with Crippen LogP contribution in [0.3, 0.4) is 0 Å². The summed E-state index contributed by atoms with van der Waals surface area (Å²) < 4.78 is 0. The van der Waals surface area contributed by atoms with Gasteiger partial charge in [-0.15, -0.1) is 0 Å². The van der Waals surface area contributed by atoms with E-state index in [0.29, 0.717) is 6.07 Å². The van der Waals surface area contributed by atoms with Gasteiger partial charge in [0.2, 0.25) is 5.71 Å². The molecule has 0 fully saturated rings. The van der Waals surface area contributed by atoms with Crippen molar-refractivity contribution in [2.45, 2.75) is 0 Å². The molecule has 0 aromatic heterocycles. The average Bonchev–Trinajstić information content (AvgIpc) is 2.47. The SMILES string of the molecule is N#CC(C#N)=NNc1c(C#N)cc([N+](=O)[O-])cc1[N+](=O)[O-]. The first kappa shape index (κ1) is 15.0. The summed E-state index contributed by atoms with van der Waals surface area (Å²) in [6.07, 6.45) is 0. The van der Waals surface area contributed by atoms with Gasteiger partial charge in [0, 0.05) is 6.07 Å². The second-order valence-electron chi connectivity index (χ2n) is 3.31. The monoisotopic (exact) mass is 285 g/mol. The lowest BCUT2D eigenvalue weighted by Crippen LogP contribution is -2.03. The molecule has 21 heavy (non-hydrogen) atoms. The molecule has 0 saturated carbocycles. The molecule has 0 aliphatic rings. The van der Waals surface area contributed by atoms with Crippen molar-refractivity contribution < 1.29 is 9.85 Å². The summed E-state index contributed by atoms with van der Waals surface area (Å²) in [7, 11) is 0. The van der Waals surface area contributed by atoms with Crippen molar-refractivity contribution >= 4 is 22.8 Å². The first-order valence-electron chi connectivity index (χ1n) is 4.95. The molecular formula is C10H3N7O4. The lowest BCUT2D eigenvalue weighted by atomic mass is 10.1. The Bertz CT molecular complexity index is 762. The minimum atomic E-state index is -0.954. The predicted octanol–water partition coefficient (Wildman–Crippen LogP) is 1.19. The van der Waals surface area contributed by atoms with Crippen LogP contribution in [-0.4, -0.2) is 15.6 Å². The smallest absolute Gasteiger partial charge is 0.269 e. The van der Waals surface area contributed by atoms with E-state index < -0.39 is 38.2 Å². The summed E-state index contributed by atoms with van der Waals surface area (Å²) in [5.74, 6) is 0. The van der Waals surface area contributed by atoms with Crippen molar-refractivity contribution in [2.75, 3.05) is 5.43 Å². The van der Waals surface area contributed by atoms with E-state index >= 15 is 0 Å². The average molecular weight is 285 g/mol. The number of nitro groups is 2. The van der Waals surface area contributed by atoms with E-state index in [0.717, 1.165) is 6.07 Å². The molecule has 0 bridgehead atoms. The van der Waals surface area contributed by atoms with E-state index in [2.05, 4.69) is 5.10 Å². The van der Waals surface area contributed by atoms with E-state index in [1.165, 1.54) is 18.2 Å². The minimum Gasteiger partial charge on any atom is -0.269 e. The summed E-state index contributed by atoms with van der Waals surface area (Å²) >= 11 is 0. The van der Waals surface area contributed by atoms with Gasteiger partial charge in [-0.2, -0.15) is 20.9 Å². The molecule has 0 aliphatic heterocycles. The first-order valence-corrected chi connectivity index (χ1v) is 4.95. The fourth-order valence-electron chi connectivity index (χ4n) is 1.25. The number of rotatable bonds is 4. The van der Waals surface area contributed by atoms with E-state index in [-0.39, 0.29) is 0 Å². The fourth-order valence-corrected chi connectivity index (χ4v) is 1.25. The summed E-state index contributed by atoms with van der Waals surface area (Å²) in [6, 6.07) is 5.79. The van der Waals surface area contributed by atoms with Gasteiger partial charge >= 0.3 is 5.69 Å². The molecular weight excluding hydrogens is 282 g/mol. The highest BCUT2D eigenvalue weighted by Crippen LogP contribution is 2.32. The van der Waals surface area contributed by atoms with Crippen LogP contribution in [0.25, 0.3) is 0 Å². The number of hydrogen-bond donors (Lipinski definition) is 1. The third kappa shape index (κ3) is 3.24. The molecule has 102 valence electrons. The van der Waals surface area contributed by atoms with Gasteiger partial charge in [0.15, 0.2) is 5.69 Å². The van der Waals surface area contributed by atoms with Crippen LogP contribution in [0.2, 0.25) is 0 Å². The summed E-state index contributed by atoms with van der Waals surface area (Å²) in [5, 5.41) is 50.7. The molecule has 11 heteroatoms. The highest BCUT2D eigenvalue weighted by atomic mass is 16.6. The highest BCUT2D eigenvalue weighted by molar-refractivity contribution is 6.10. The Hall–Kier alpha value is -4.04. The maximum atomic E-state index is 10.9. The molecule has 0 spiro atoms. The Balaban J connectivity index is 3.51. The van der Waals surface area contributed by atoms with Crippen LogP contribution >= 0.6 is 0 Å². The van der Waals surface area contributed by atoms with Crippen LogP contribution in [0.4, 0.5) is 17.1 Å². The van der Waals surface area contributed by atoms with Crippen molar-refractivity contribution in [1.82, 2.24) is 0 Å². The molecule has 1 N–H and O–H groups in total. The van der Waals surface area contributed by atoms with Crippen molar-refractivity contribution in [3.8, 4) is 18.2 Å². The summed E-state index contributed by atoms with van der Waals surface area (Å²) in [6.45, 7) is 0. The Morgan fingerprint density at radius 2 is 1.76 bits per heavy atom. The molecule has 11 nitrogen and oxygen atoms in total. The molecule has 0 saturated heterocycles. The van der Waals surface area contributed by atoms with Gasteiger partial charge in [0.25, 0.3) is 5.69 Å². The van der Waals surface area contributed by atoms with Gasteiger partial charge < -0.3 is 0 Å². The molecule has 0 amide bonds. The van der Waals surface area contributed by atoms with Crippen LogP contribution in [0, 0.1) is 54.2 Å². The molecule has 0 atom stereocenters. The van der Waals surface area contributed by atoms with Gasteiger partial charge in [-0.05, 0) is 0 Å². The van der Waals surface area contributed by atoms with Crippen LogP contribution < -0.4 is 5.43 Å².